The molecule has 20 heteroatoms. The molecule has 0 aromatic heterocycles. The van der Waals surface area contributed by atoms with Crippen molar-refractivity contribution in [1.82, 2.24) is 0 Å². The molecule has 0 fully saturated rings. The van der Waals surface area contributed by atoms with Gasteiger partial charge in [0, 0.05) is 152 Å². The van der Waals surface area contributed by atoms with Gasteiger partial charge < -0.3 is 47.4 Å². The number of nitrogens with zero attached hydrogens (tertiary/aromatic N) is 5. The summed E-state index contributed by atoms with van der Waals surface area (Å²) in [6.07, 6.45) is 0. The Labute approximate surface area is 883 Å². The van der Waals surface area contributed by atoms with Crippen LogP contribution in [0.3, 0.4) is 0 Å². The van der Waals surface area contributed by atoms with Crippen LogP contribution >= 0.6 is 42.9 Å². The van der Waals surface area contributed by atoms with Crippen LogP contribution in [-0.4, -0.2) is 126 Å². The summed E-state index contributed by atoms with van der Waals surface area (Å²) >= 11 is 0. The summed E-state index contributed by atoms with van der Waals surface area (Å²) in [6.45, 7) is 36.1. The second-order valence-corrected chi connectivity index (χ2v) is 43.9. The number of rotatable bonds is 35. The van der Waals surface area contributed by atoms with Gasteiger partial charge in [-0.1, -0.05) is 375 Å². The Kier molecular flexibility index (Phi) is 45.2. The first-order valence-electron chi connectivity index (χ1n) is 49.2. The number of hydrogen-bond acceptors (Lipinski definition) is 15. The van der Waals surface area contributed by atoms with Crippen LogP contribution in [-0.2, 0) is 34.5 Å². The van der Waals surface area contributed by atoms with Crippen LogP contribution in [0.25, 0.3) is 0 Å². The molecule has 5 unspecified atom stereocenters. The predicted molar refractivity (Wildman–Crippen MR) is 635 cm³/mol. The van der Waals surface area contributed by atoms with Crippen LogP contribution < -0.4 is 76.7 Å². The molecule has 762 valence electrons. The van der Waals surface area contributed by atoms with Crippen molar-refractivity contribution < 1.29 is 47.4 Å². The minimum absolute atomic E-state index is 0.0261. The fraction of sp³-hybridized carbons (Fsp3) is 0.252. The lowest BCUT2D eigenvalue weighted by molar-refractivity contribution is 0.0505. The lowest BCUT2D eigenvalue weighted by Gasteiger charge is -2.29. The van der Waals surface area contributed by atoms with Gasteiger partial charge in [-0.2, -0.15) is 0 Å². The van der Waals surface area contributed by atoms with E-state index in [2.05, 4.69) is 367 Å². The summed E-state index contributed by atoms with van der Waals surface area (Å²) in [7, 11) is 17.9. The number of benzene rings is 15. The van der Waals surface area contributed by atoms with E-state index in [1.165, 1.54) is 126 Å². The highest BCUT2D eigenvalue weighted by Crippen LogP contribution is 2.40. The Morgan fingerprint density at radius 1 is 0.252 bits per heavy atom. The first-order valence-corrected chi connectivity index (χ1v) is 54.2. The summed E-state index contributed by atoms with van der Waals surface area (Å²) < 4.78 is 55.5. The van der Waals surface area contributed by atoms with Crippen molar-refractivity contribution in [3.8, 4) is 28.7 Å². The molecule has 0 radical (unpaired) electrons. The second-order valence-electron chi connectivity index (χ2n) is 37.5. The molecular weight excluding hydrogens is 1910 g/mol. The van der Waals surface area contributed by atoms with E-state index in [1.807, 2.05) is 119 Å². The highest BCUT2D eigenvalue weighted by molar-refractivity contribution is 7.57. The average molecular weight is 2060 g/mol. The minimum atomic E-state index is -0.0667. The van der Waals surface area contributed by atoms with Crippen LogP contribution in [0.2, 0.25) is 0 Å². The number of ether oxygens (including phenoxy) is 10. The van der Waals surface area contributed by atoms with Crippen molar-refractivity contribution in [1.29, 1.82) is 0 Å². The number of para-hydroxylation sites is 3. The molecule has 0 saturated heterocycles. The lowest BCUT2D eigenvalue weighted by Crippen LogP contribution is -2.24. The van der Waals surface area contributed by atoms with E-state index in [-0.39, 0.29) is 44.8 Å². The van der Waals surface area contributed by atoms with Crippen LogP contribution in [0.4, 0.5) is 5.69 Å². The van der Waals surface area contributed by atoms with Gasteiger partial charge in [0.15, 0.2) is 34.0 Å². The monoisotopic (exact) mass is 2050 g/mol. The van der Waals surface area contributed by atoms with Gasteiger partial charge in [-0.05, 0) is 199 Å². The zero-order chi connectivity index (χ0) is 106. The molecule has 0 saturated carbocycles. The molecule has 0 aliphatic carbocycles. The molecule has 15 rings (SSSR count). The Morgan fingerprint density at radius 3 is 0.952 bits per heavy atom. The molecule has 0 amide bonds. The topological polar surface area (TPSA) is 154 Å². The zero-order valence-corrected chi connectivity index (χ0v) is 95.0. The first kappa shape index (κ1) is 115. The Bertz CT molecular complexity index is 6880. The highest BCUT2D eigenvalue weighted by Gasteiger charge is 2.29. The van der Waals surface area contributed by atoms with Crippen LogP contribution in [0, 0.1) is 62.3 Å². The maximum absolute atomic E-state index is 6.27. The maximum Gasteiger partial charge on any atom is 0.188 e. The lowest BCUT2D eigenvalue weighted by atomic mass is 9.80. The van der Waals surface area contributed by atoms with Crippen LogP contribution in [0.1, 0.15) is 160 Å². The third kappa shape index (κ3) is 32.3. The molecule has 0 aliphatic rings. The summed E-state index contributed by atoms with van der Waals surface area (Å²) in [5.41, 5.74) is 29.9. The van der Waals surface area contributed by atoms with E-state index < -0.39 is 0 Å². The third-order valence-electron chi connectivity index (χ3n) is 24.3. The normalized spacial score (nSPS) is 12.2. The van der Waals surface area contributed by atoms with Crippen LogP contribution in [0.5, 0.6) is 28.7 Å². The van der Waals surface area contributed by atoms with E-state index >= 15 is 0 Å². The van der Waals surface area contributed by atoms with Gasteiger partial charge in [-0.15, -0.1) is 0 Å². The predicted octanol–water partition coefficient (Wildman–Crippen LogP) is 24.9. The fourth-order valence-corrected chi connectivity index (χ4v) is 24.2. The highest BCUT2D eigenvalue weighted by atomic mass is 31.1. The van der Waals surface area contributed by atoms with Crippen molar-refractivity contribution in [2.45, 2.75) is 122 Å². The molecule has 0 bridgehead atoms. The van der Waals surface area contributed by atoms with Crippen molar-refractivity contribution in [2.75, 3.05) is 97.7 Å². The molecular formula is C127H144N5O10P5. The molecule has 0 N–H and O–H groups in total. The average Bonchev–Trinajstić information content (AvgIpc) is 0.769. The Hall–Kier alpha value is -12.4. The van der Waals surface area contributed by atoms with Gasteiger partial charge in [-0.25, -0.2) is 0 Å². The largest absolute Gasteiger partial charge is 0.467 e. The zero-order valence-electron chi connectivity index (χ0n) is 90.0. The standard InChI is InChI=1S/C31H40NO2P.C25H28NO2P.2C24H26NO2P.C23H24NO2P/c1-21-14-13-17-25(22(2)32-24-15-11-10-12-16-24)29(21)35-27-19-23(30(3,4)5)18-26(31(6,7)8)28(27)34-20-33-9;1-17-14-19(3)24(28-16-27-5)22(15-17)29-25-18(2)10-9-13-21(25)23(26-4)20-11-7-6-8-12-20;1-17-10-9-15-21(23(17)27-16-26-4)28-24-18(2)11-8-14-20(24)22(25-3)19-12-6-5-7-13-19;1-17-13-14-21(27-16-26-4)22(15-17)28-24-18(2)9-8-12-20(24)23(25-3)19-10-6-5-7-11-19;1-17-10-9-13-19(22(24-2)18-11-5-4-6-12-18)23(17)27-21-15-8-7-14-20(21)26-16-25-3/h10-19,35H,20H2,1-9H3;6-15,29H,16H2,1-5H3;2*5-15,28H,16H2,1-4H3;4-15,27H,16H2,1-3H3. The Balaban J connectivity index is 0.000000175. The molecule has 147 heavy (non-hydrogen) atoms. The van der Waals surface area contributed by atoms with Crippen molar-refractivity contribution >= 4 is 130 Å². The van der Waals surface area contributed by atoms with Crippen LogP contribution in [0.15, 0.2) is 353 Å². The Morgan fingerprint density at radius 2 is 0.558 bits per heavy atom. The van der Waals surface area contributed by atoms with Gasteiger partial charge in [-0.3, -0.25) is 25.0 Å². The number of aliphatic imine (C=N–C) groups is 5. The van der Waals surface area contributed by atoms with Gasteiger partial charge in [0.05, 0.1) is 28.5 Å². The van der Waals surface area contributed by atoms with Gasteiger partial charge >= 0.3 is 0 Å². The molecule has 0 spiro atoms. The summed E-state index contributed by atoms with van der Waals surface area (Å²) in [4.78, 5) is 23.5. The summed E-state index contributed by atoms with van der Waals surface area (Å²) in [5.74, 6) is 4.50. The second kappa shape index (κ2) is 57.8. The number of hydrogen-bond donors (Lipinski definition) is 0. The third-order valence-corrected chi connectivity index (χ3v) is 32.1. The molecule has 15 nitrogen and oxygen atoms in total. The number of aryl methyl sites for hydroxylation is 9. The molecule has 5 atom stereocenters. The van der Waals surface area contributed by atoms with Gasteiger partial charge in [0.2, 0.25) is 0 Å². The quantitative estimate of drug-likeness (QED) is 0.0213. The minimum Gasteiger partial charge on any atom is -0.467 e. The molecule has 15 aromatic rings. The molecule has 0 heterocycles. The first-order chi connectivity index (χ1) is 71.0. The van der Waals surface area contributed by atoms with E-state index in [0.29, 0.717) is 42.9 Å². The smallest absolute Gasteiger partial charge is 0.188 e. The maximum atomic E-state index is 6.27. The van der Waals surface area contributed by atoms with E-state index in [9.17, 15) is 0 Å². The molecule has 15 aromatic carbocycles. The van der Waals surface area contributed by atoms with Gasteiger partial charge in [0.1, 0.15) is 28.7 Å². The van der Waals surface area contributed by atoms with E-state index in [1.54, 1.807) is 35.5 Å². The fourth-order valence-electron chi connectivity index (χ4n) is 16.9. The number of methoxy groups -OCH3 is 5. The molecule has 0 aliphatic heterocycles. The SMILES string of the molecule is CN=C(c1ccccc1)c1cccc(C)c1Pc1cc(C)cc(C)c1OCOC.CN=C(c1ccccc1)c1cccc(C)c1Pc1cc(C)ccc1OCOC.CN=C(c1ccccc1)c1cccc(C)c1Pc1cccc(C)c1OCOC.CN=C(c1ccccc1)c1cccc(C)c1Pc1ccccc1OCOC.COCOc1c(Pc2c(C)cccc2C(C)=Nc2ccccc2)cc(C(C)(C)C)cc1C(C)(C)C. The van der Waals surface area contributed by atoms with Crippen molar-refractivity contribution in [3.63, 3.8) is 0 Å². The van der Waals surface area contributed by atoms with Crippen molar-refractivity contribution in [2.24, 2.45) is 25.0 Å². The van der Waals surface area contributed by atoms with Crippen molar-refractivity contribution in [3.05, 3.63) is 439 Å². The van der Waals surface area contributed by atoms with E-state index in [0.717, 1.165) is 102 Å². The van der Waals surface area contributed by atoms with E-state index in [4.69, 9.17) is 52.4 Å². The summed E-state index contributed by atoms with van der Waals surface area (Å²) in [5, 5.41) is 12.4. The summed E-state index contributed by atoms with van der Waals surface area (Å²) in [6, 6.07) is 114. The van der Waals surface area contributed by atoms with Gasteiger partial charge in [0.25, 0.3) is 0 Å².